The van der Waals surface area contributed by atoms with Crippen molar-refractivity contribution in [3.05, 3.63) is 59.1 Å². The van der Waals surface area contributed by atoms with Gasteiger partial charge in [0.15, 0.2) is 0 Å². The van der Waals surface area contributed by atoms with Crippen molar-refractivity contribution in [3.63, 3.8) is 0 Å². The Morgan fingerprint density at radius 2 is 1.75 bits per heavy atom. The Bertz CT molecular complexity index is 867. The summed E-state index contributed by atoms with van der Waals surface area (Å²) in [4.78, 5) is 23.6. The van der Waals surface area contributed by atoms with Gasteiger partial charge in [0.1, 0.15) is 0 Å². The zero-order valence-corrected chi connectivity index (χ0v) is 13.9. The topological polar surface area (TPSA) is 118 Å². The molecule has 2 amide bonds. The normalized spacial score (nSPS) is 10.9. The summed E-state index contributed by atoms with van der Waals surface area (Å²) < 4.78 is 22.5. The fraction of sp³-hybridized carbons (Fsp3) is 0.0667. The highest BCUT2D eigenvalue weighted by Crippen LogP contribution is 2.14. The molecule has 0 aliphatic carbocycles. The summed E-state index contributed by atoms with van der Waals surface area (Å²) in [7, 11) is -3.86. The number of primary sulfonamides is 1. The van der Waals surface area contributed by atoms with Crippen LogP contribution in [0, 0.1) is 0 Å². The zero-order chi connectivity index (χ0) is 17.7. The molecule has 2 rings (SSSR count). The second kappa shape index (κ2) is 7.43. The van der Waals surface area contributed by atoms with Crippen molar-refractivity contribution in [2.75, 3.05) is 11.9 Å². The van der Waals surface area contributed by atoms with E-state index in [0.29, 0.717) is 10.6 Å². The summed E-state index contributed by atoms with van der Waals surface area (Å²) in [6.45, 7) is -0.277. The first-order valence-corrected chi connectivity index (χ1v) is 8.64. The number of sulfonamides is 1. The van der Waals surface area contributed by atoms with E-state index in [0.717, 1.165) is 0 Å². The van der Waals surface area contributed by atoms with E-state index in [1.54, 1.807) is 12.1 Å². The van der Waals surface area contributed by atoms with Gasteiger partial charge in [0.2, 0.25) is 15.9 Å². The van der Waals surface area contributed by atoms with Gasteiger partial charge in [0, 0.05) is 16.3 Å². The molecule has 0 atom stereocenters. The van der Waals surface area contributed by atoms with E-state index in [1.165, 1.54) is 36.4 Å². The lowest BCUT2D eigenvalue weighted by molar-refractivity contribution is -0.115. The third-order valence-corrected chi connectivity index (χ3v) is 4.13. The van der Waals surface area contributed by atoms with Gasteiger partial charge >= 0.3 is 0 Å². The summed E-state index contributed by atoms with van der Waals surface area (Å²) >= 11 is 5.73. The van der Waals surface area contributed by atoms with Crippen molar-refractivity contribution >= 4 is 39.1 Å². The molecule has 0 saturated carbocycles. The molecule has 24 heavy (non-hydrogen) atoms. The van der Waals surface area contributed by atoms with E-state index in [2.05, 4.69) is 10.6 Å². The lowest BCUT2D eigenvalue weighted by Crippen LogP contribution is -2.32. The molecule has 0 saturated heterocycles. The Kier molecular flexibility index (Phi) is 5.55. The van der Waals surface area contributed by atoms with Crippen LogP contribution >= 0.6 is 11.6 Å². The average molecular weight is 368 g/mol. The highest BCUT2D eigenvalue weighted by Gasteiger charge is 2.11. The molecule has 0 radical (unpaired) electrons. The number of hydrogen-bond acceptors (Lipinski definition) is 4. The Balaban J connectivity index is 1.94. The lowest BCUT2D eigenvalue weighted by atomic mass is 10.2. The predicted octanol–water partition coefficient (Wildman–Crippen LogP) is 1.36. The summed E-state index contributed by atoms with van der Waals surface area (Å²) in [6.07, 6.45) is 0. The fourth-order valence-corrected chi connectivity index (χ4v) is 2.51. The molecule has 2 aromatic carbocycles. The largest absolute Gasteiger partial charge is 0.343 e. The van der Waals surface area contributed by atoms with Crippen LogP contribution in [0.2, 0.25) is 5.02 Å². The van der Waals surface area contributed by atoms with E-state index >= 15 is 0 Å². The van der Waals surface area contributed by atoms with Gasteiger partial charge in [-0.05, 0) is 42.5 Å². The Morgan fingerprint density at radius 1 is 1.08 bits per heavy atom. The number of rotatable bonds is 5. The van der Waals surface area contributed by atoms with Crippen LogP contribution in [0.3, 0.4) is 0 Å². The first-order valence-electron chi connectivity index (χ1n) is 6.72. The number of anilines is 1. The number of carbonyl (C=O) groups excluding carboxylic acids is 2. The van der Waals surface area contributed by atoms with Crippen LogP contribution in [0.5, 0.6) is 0 Å². The van der Waals surface area contributed by atoms with Gasteiger partial charge in [-0.25, -0.2) is 13.6 Å². The highest BCUT2D eigenvalue weighted by molar-refractivity contribution is 7.89. The van der Waals surface area contributed by atoms with Crippen molar-refractivity contribution in [1.29, 1.82) is 0 Å². The molecule has 2 aromatic rings. The van der Waals surface area contributed by atoms with Gasteiger partial charge in [0.05, 0.1) is 11.4 Å². The van der Waals surface area contributed by atoms with Crippen LogP contribution in [0.25, 0.3) is 0 Å². The standard InChI is InChI=1S/C15H14ClN3O4S/c16-11-6-4-10(5-7-11)15(21)18-9-14(20)19-12-2-1-3-13(8-12)24(17,22)23/h1-8H,9H2,(H,18,21)(H,19,20)(H2,17,22,23). The quantitative estimate of drug-likeness (QED) is 0.739. The maximum Gasteiger partial charge on any atom is 0.251 e. The number of carbonyl (C=O) groups is 2. The predicted molar refractivity (Wildman–Crippen MR) is 90.2 cm³/mol. The zero-order valence-electron chi connectivity index (χ0n) is 12.3. The summed E-state index contributed by atoms with van der Waals surface area (Å²) in [6, 6.07) is 11.7. The number of nitrogens with two attached hydrogens (primary N) is 1. The molecule has 126 valence electrons. The average Bonchev–Trinajstić information content (AvgIpc) is 2.53. The minimum Gasteiger partial charge on any atom is -0.343 e. The number of benzene rings is 2. The van der Waals surface area contributed by atoms with Gasteiger partial charge in [-0.2, -0.15) is 0 Å². The molecular formula is C15H14ClN3O4S. The maximum atomic E-state index is 11.9. The van der Waals surface area contributed by atoms with Gasteiger partial charge in [-0.1, -0.05) is 17.7 Å². The van der Waals surface area contributed by atoms with Crippen molar-refractivity contribution < 1.29 is 18.0 Å². The minimum absolute atomic E-state index is 0.120. The number of amides is 2. The first-order chi connectivity index (χ1) is 11.3. The molecular weight excluding hydrogens is 354 g/mol. The lowest BCUT2D eigenvalue weighted by Gasteiger charge is -2.08. The summed E-state index contributed by atoms with van der Waals surface area (Å²) in [5, 5.41) is 10.4. The Hall–Kier alpha value is -2.42. The van der Waals surface area contributed by atoms with Crippen molar-refractivity contribution in [2.45, 2.75) is 4.90 Å². The van der Waals surface area contributed by atoms with Gasteiger partial charge < -0.3 is 10.6 Å². The van der Waals surface area contributed by atoms with Crippen molar-refractivity contribution in [2.24, 2.45) is 5.14 Å². The molecule has 0 unspecified atom stereocenters. The molecule has 0 bridgehead atoms. The molecule has 9 heteroatoms. The first kappa shape index (κ1) is 17.9. The van der Waals surface area contributed by atoms with E-state index < -0.39 is 21.8 Å². The number of hydrogen-bond donors (Lipinski definition) is 3. The molecule has 0 fully saturated rings. The molecule has 0 spiro atoms. The van der Waals surface area contributed by atoms with Crippen LogP contribution in [-0.2, 0) is 14.8 Å². The highest BCUT2D eigenvalue weighted by atomic mass is 35.5. The van der Waals surface area contributed by atoms with Gasteiger partial charge in [-0.3, -0.25) is 9.59 Å². The third kappa shape index (κ3) is 5.05. The molecule has 4 N–H and O–H groups in total. The summed E-state index contributed by atoms with van der Waals surface area (Å²) in [5.74, 6) is -0.941. The van der Waals surface area contributed by atoms with Crippen LogP contribution in [0.4, 0.5) is 5.69 Å². The van der Waals surface area contributed by atoms with Crippen LogP contribution < -0.4 is 15.8 Å². The van der Waals surface area contributed by atoms with Crippen LogP contribution in [0.1, 0.15) is 10.4 Å². The van der Waals surface area contributed by atoms with Gasteiger partial charge in [0.25, 0.3) is 5.91 Å². The van der Waals surface area contributed by atoms with Crippen molar-refractivity contribution in [1.82, 2.24) is 5.32 Å². The smallest absolute Gasteiger partial charge is 0.251 e. The van der Waals surface area contributed by atoms with E-state index in [-0.39, 0.29) is 17.1 Å². The minimum atomic E-state index is -3.86. The van der Waals surface area contributed by atoms with Crippen molar-refractivity contribution in [3.8, 4) is 0 Å². The molecule has 0 aliphatic heterocycles. The maximum absolute atomic E-state index is 11.9. The SMILES string of the molecule is NS(=O)(=O)c1cccc(NC(=O)CNC(=O)c2ccc(Cl)cc2)c1. The molecule has 0 aromatic heterocycles. The fourth-order valence-electron chi connectivity index (χ4n) is 1.82. The van der Waals surface area contributed by atoms with E-state index in [1.807, 2.05) is 0 Å². The third-order valence-electron chi connectivity index (χ3n) is 2.96. The van der Waals surface area contributed by atoms with E-state index in [4.69, 9.17) is 16.7 Å². The second-order valence-corrected chi connectivity index (χ2v) is 6.81. The number of nitrogens with one attached hydrogen (secondary N) is 2. The van der Waals surface area contributed by atoms with E-state index in [9.17, 15) is 18.0 Å². The molecule has 7 nitrogen and oxygen atoms in total. The Labute approximate surface area is 143 Å². The monoisotopic (exact) mass is 367 g/mol. The van der Waals surface area contributed by atoms with Crippen LogP contribution in [-0.4, -0.2) is 26.8 Å². The molecule has 0 heterocycles. The molecule has 0 aliphatic rings. The second-order valence-electron chi connectivity index (χ2n) is 4.81. The summed E-state index contributed by atoms with van der Waals surface area (Å²) in [5.41, 5.74) is 0.621. The Morgan fingerprint density at radius 3 is 2.38 bits per heavy atom. The number of halogens is 1. The van der Waals surface area contributed by atoms with Gasteiger partial charge in [-0.15, -0.1) is 0 Å². The van der Waals surface area contributed by atoms with Crippen LogP contribution in [0.15, 0.2) is 53.4 Å².